The third-order valence-electron chi connectivity index (χ3n) is 4.12. The molecule has 0 spiro atoms. The molecule has 3 aromatic rings. The summed E-state index contributed by atoms with van der Waals surface area (Å²) in [6, 6.07) is 8.47. The average Bonchev–Trinajstić information content (AvgIpc) is 2.98. The van der Waals surface area contributed by atoms with Crippen molar-refractivity contribution in [2.45, 2.75) is 19.9 Å². The lowest BCUT2D eigenvalue weighted by Gasteiger charge is -2.28. The molecule has 1 aliphatic heterocycles. The zero-order valence-electron chi connectivity index (χ0n) is 12.8. The van der Waals surface area contributed by atoms with E-state index < -0.39 is 0 Å². The van der Waals surface area contributed by atoms with Crippen molar-refractivity contribution in [3.05, 3.63) is 59.4 Å². The molecule has 4 rings (SSSR count). The van der Waals surface area contributed by atoms with Crippen molar-refractivity contribution in [1.29, 1.82) is 0 Å². The van der Waals surface area contributed by atoms with Gasteiger partial charge in [-0.2, -0.15) is 5.10 Å². The largest absolute Gasteiger partial charge is 0.352 e. The van der Waals surface area contributed by atoms with Gasteiger partial charge < -0.3 is 4.90 Å². The number of aromatic amines is 1. The number of nitrogens with one attached hydrogen (secondary N) is 1. The van der Waals surface area contributed by atoms with Gasteiger partial charge in [-0.25, -0.2) is 14.4 Å². The lowest BCUT2D eigenvalue weighted by Crippen LogP contribution is -2.31. The molecule has 6 heteroatoms. The van der Waals surface area contributed by atoms with Crippen molar-refractivity contribution in [1.82, 2.24) is 20.2 Å². The summed E-state index contributed by atoms with van der Waals surface area (Å²) in [4.78, 5) is 10.8. The van der Waals surface area contributed by atoms with Crippen LogP contribution in [0.5, 0.6) is 0 Å². The van der Waals surface area contributed by atoms with Crippen LogP contribution in [-0.4, -0.2) is 26.7 Å². The van der Waals surface area contributed by atoms with Crippen LogP contribution in [0.3, 0.4) is 0 Å². The molecule has 1 aliphatic rings. The van der Waals surface area contributed by atoms with Gasteiger partial charge in [0.15, 0.2) is 0 Å². The summed E-state index contributed by atoms with van der Waals surface area (Å²) in [5.74, 6) is 1.42. The molecule has 0 bridgehead atoms. The SMILES string of the molecule is Cc1nccc(N2CCc3[nH]nc(-c4cccc(F)c4)c3C2)n1. The summed E-state index contributed by atoms with van der Waals surface area (Å²) < 4.78 is 13.5. The van der Waals surface area contributed by atoms with Gasteiger partial charge in [0.25, 0.3) is 0 Å². The number of halogens is 1. The van der Waals surface area contributed by atoms with E-state index in [1.54, 1.807) is 12.3 Å². The van der Waals surface area contributed by atoms with E-state index in [-0.39, 0.29) is 5.82 Å². The monoisotopic (exact) mass is 309 g/mol. The number of anilines is 1. The molecule has 0 radical (unpaired) electrons. The molecule has 1 N–H and O–H groups in total. The first-order chi connectivity index (χ1) is 11.2. The molecule has 0 saturated heterocycles. The minimum absolute atomic E-state index is 0.252. The van der Waals surface area contributed by atoms with E-state index in [2.05, 4.69) is 25.1 Å². The Kier molecular flexibility index (Phi) is 3.29. The van der Waals surface area contributed by atoms with Crippen LogP contribution in [-0.2, 0) is 13.0 Å². The number of hydrogen-bond donors (Lipinski definition) is 1. The van der Waals surface area contributed by atoms with Crippen LogP contribution in [0.15, 0.2) is 36.5 Å². The van der Waals surface area contributed by atoms with Crippen molar-refractivity contribution in [3.8, 4) is 11.3 Å². The van der Waals surface area contributed by atoms with Crippen molar-refractivity contribution < 1.29 is 4.39 Å². The first-order valence-electron chi connectivity index (χ1n) is 7.57. The second-order valence-corrected chi connectivity index (χ2v) is 5.67. The third-order valence-corrected chi connectivity index (χ3v) is 4.12. The number of aromatic nitrogens is 4. The van der Waals surface area contributed by atoms with Crippen molar-refractivity contribution in [2.75, 3.05) is 11.4 Å². The summed E-state index contributed by atoms with van der Waals surface area (Å²) in [6.07, 6.45) is 2.64. The normalized spacial score (nSPS) is 13.9. The highest BCUT2D eigenvalue weighted by molar-refractivity contribution is 5.65. The smallest absolute Gasteiger partial charge is 0.132 e. The topological polar surface area (TPSA) is 57.7 Å². The lowest BCUT2D eigenvalue weighted by molar-refractivity contribution is 0.628. The van der Waals surface area contributed by atoms with Crippen LogP contribution in [0, 0.1) is 12.7 Å². The molecule has 2 aromatic heterocycles. The zero-order chi connectivity index (χ0) is 15.8. The summed E-state index contributed by atoms with van der Waals surface area (Å²) >= 11 is 0. The molecule has 0 amide bonds. The Labute approximate surface area is 133 Å². The van der Waals surface area contributed by atoms with E-state index in [9.17, 15) is 4.39 Å². The first-order valence-corrected chi connectivity index (χ1v) is 7.57. The van der Waals surface area contributed by atoms with E-state index >= 15 is 0 Å². The molecule has 116 valence electrons. The van der Waals surface area contributed by atoms with Gasteiger partial charge in [0.1, 0.15) is 17.5 Å². The maximum absolute atomic E-state index is 13.5. The third kappa shape index (κ3) is 2.56. The number of fused-ring (bicyclic) bond motifs is 1. The quantitative estimate of drug-likeness (QED) is 0.791. The van der Waals surface area contributed by atoms with Gasteiger partial charge in [0.05, 0.1) is 5.69 Å². The highest BCUT2D eigenvalue weighted by Crippen LogP contribution is 2.30. The second-order valence-electron chi connectivity index (χ2n) is 5.67. The number of hydrogen-bond acceptors (Lipinski definition) is 4. The minimum atomic E-state index is -0.252. The van der Waals surface area contributed by atoms with Crippen LogP contribution in [0.25, 0.3) is 11.3 Å². The van der Waals surface area contributed by atoms with E-state index in [4.69, 9.17) is 0 Å². The molecule has 0 atom stereocenters. The van der Waals surface area contributed by atoms with Crippen LogP contribution < -0.4 is 4.90 Å². The molecule has 23 heavy (non-hydrogen) atoms. The Balaban J connectivity index is 1.70. The molecule has 0 fully saturated rings. The molecular formula is C17H16FN5. The number of aryl methyl sites for hydroxylation is 1. The van der Waals surface area contributed by atoms with Crippen molar-refractivity contribution >= 4 is 5.82 Å². The maximum Gasteiger partial charge on any atom is 0.132 e. The van der Waals surface area contributed by atoms with Gasteiger partial charge in [-0.3, -0.25) is 5.10 Å². The predicted molar refractivity (Wildman–Crippen MR) is 85.5 cm³/mol. The van der Waals surface area contributed by atoms with Crippen molar-refractivity contribution in [2.24, 2.45) is 0 Å². The van der Waals surface area contributed by atoms with Crippen LogP contribution in [0.4, 0.5) is 10.2 Å². The van der Waals surface area contributed by atoms with Crippen LogP contribution >= 0.6 is 0 Å². The summed E-state index contributed by atoms with van der Waals surface area (Å²) in [7, 11) is 0. The predicted octanol–water partition coefficient (Wildman–Crippen LogP) is 2.88. The number of nitrogens with zero attached hydrogens (tertiary/aromatic N) is 4. The Morgan fingerprint density at radius 3 is 3.00 bits per heavy atom. The molecule has 1 aromatic carbocycles. The van der Waals surface area contributed by atoms with Gasteiger partial charge >= 0.3 is 0 Å². The fraction of sp³-hybridized carbons (Fsp3) is 0.235. The lowest BCUT2D eigenvalue weighted by atomic mass is 10.0. The molecule has 0 aliphatic carbocycles. The van der Waals surface area contributed by atoms with Gasteiger partial charge in [-0.1, -0.05) is 12.1 Å². The number of H-pyrrole nitrogens is 1. The molecule has 5 nitrogen and oxygen atoms in total. The summed E-state index contributed by atoms with van der Waals surface area (Å²) in [5, 5.41) is 7.50. The zero-order valence-corrected chi connectivity index (χ0v) is 12.8. The Morgan fingerprint density at radius 1 is 1.26 bits per heavy atom. The maximum atomic E-state index is 13.5. The van der Waals surface area contributed by atoms with Crippen LogP contribution in [0.2, 0.25) is 0 Å². The minimum Gasteiger partial charge on any atom is -0.352 e. The number of rotatable bonds is 2. The van der Waals surface area contributed by atoms with E-state index in [1.807, 2.05) is 19.1 Å². The molecule has 0 unspecified atom stereocenters. The highest BCUT2D eigenvalue weighted by Gasteiger charge is 2.23. The van der Waals surface area contributed by atoms with Gasteiger partial charge in [-0.15, -0.1) is 0 Å². The number of benzene rings is 1. The van der Waals surface area contributed by atoms with Crippen LogP contribution in [0.1, 0.15) is 17.1 Å². The van der Waals surface area contributed by atoms with Crippen molar-refractivity contribution in [3.63, 3.8) is 0 Å². The molecular weight excluding hydrogens is 293 g/mol. The highest BCUT2D eigenvalue weighted by atomic mass is 19.1. The Hall–Kier alpha value is -2.76. The van der Waals surface area contributed by atoms with E-state index in [0.29, 0.717) is 6.54 Å². The second kappa shape index (κ2) is 5.46. The summed E-state index contributed by atoms with van der Waals surface area (Å²) in [6.45, 7) is 3.46. The Morgan fingerprint density at radius 2 is 2.17 bits per heavy atom. The fourth-order valence-corrected chi connectivity index (χ4v) is 2.98. The summed E-state index contributed by atoms with van der Waals surface area (Å²) in [5.41, 5.74) is 3.84. The van der Waals surface area contributed by atoms with E-state index in [0.717, 1.165) is 47.1 Å². The standard InChI is InChI=1S/C17H16FN5/c1-11-19-7-5-16(20-11)23-8-6-15-14(10-23)17(22-21-15)12-3-2-4-13(18)9-12/h2-5,7,9H,6,8,10H2,1H3,(H,21,22). The van der Waals surface area contributed by atoms with Gasteiger partial charge in [0.2, 0.25) is 0 Å². The fourth-order valence-electron chi connectivity index (χ4n) is 2.98. The van der Waals surface area contributed by atoms with Gasteiger partial charge in [-0.05, 0) is 25.1 Å². The molecule has 0 saturated carbocycles. The first kappa shape index (κ1) is 13.9. The average molecular weight is 309 g/mol. The Bertz CT molecular complexity index is 858. The molecule has 3 heterocycles. The van der Waals surface area contributed by atoms with Gasteiger partial charge in [0, 0.05) is 42.5 Å². The van der Waals surface area contributed by atoms with E-state index in [1.165, 1.54) is 12.1 Å².